The van der Waals surface area contributed by atoms with Crippen molar-refractivity contribution in [2.75, 3.05) is 12.3 Å². The van der Waals surface area contributed by atoms with Gasteiger partial charge in [0, 0.05) is 12.6 Å². The van der Waals surface area contributed by atoms with Gasteiger partial charge in [-0.05, 0) is 63.9 Å². The minimum absolute atomic E-state index is 0.185. The summed E-state index contributed by atoms with van der Waals surface area (Å²) in [6.07, 6.45) is 31.0. The molecule has 1 saturated heterocycles. The molecule has 2 rings (SSSR count). The smallest absolute Gasteiger partial charge is 0.351 e. The molecule has 0 saturated carbocycles. The molecule has 196 valence electrons. The number of aromatic nitrogens is 2. The number of nitrogens with zero attached hydrogens (tertiary/aromatic N) is 2. The van der Waals surface area contributed by atoms with Gasteiger partial charge < -0.3 is 15.2 Å². The largest absolute Gasteiger partial charge is 0.463 e. The van der Waals surface area contributed by atoms with Crippen LogP contribution >= 0.6 is 0 Å². The second-order valence-corrected chi connectivity index (χ2v) is 8.62. The number of nitrogen functional groups attached to an aromatic ring is 1. The maximum Gasteiger partial charge on any atom is 0.351 e. The van der Waals surface area contributed by atoms with Gasteiger partial charge >= 0.3 is 11.7 Å². The van der Waals surface area contributed by atoms with Crippen LogP contribution in [0.4, 0.5) is 5.82 Å². The van der Waals surface area contributed by atoms with E-state index < -0.39 is 11.9 Å². The summed E-state index contributed by atoms with van der Waals surface area (Å²) in [7, 11) is 0. The third-order valence-electron chi connectivity index (χ3n) is 5.59. The Morgan fingerprint density at radius 2 is 1.64 bits per heavy atom. The number of anilines is 1. The number of hydrogen-bond donors (Lipinski definition) is 1. The zero-order chi connectivity index (χ0) is 25.8. The fourth-order valence-corrected chi connectivity index (χ4v) is 3.65. The maximum atomic E-state index is 12.0. The molecule has 1 aliphatic heterocycles. The van der Waals surface area contributed by atoms with Crippen molar-refractivity contribution in [3.8, 4) is 0 Å². The molecule has 1 unspecified atom stereocenters. The molecule has 0 aromatic carbocycles. The van der Waals surface area contributed by atoms with Crippen LogP contribution in [0.1, 0.15) is 77.4 Å². The van der Waals surface area contributed by atoms with Crippen molar-refractivity contribution in [3.63, 3.8) is 0 Å². The summed E-state index contributed by atoms with van der Waals surface area (Å²) in [6, 6.07) is 1.56. The average Bonchev–Trinajstić information content (AvgIpc) is 3.33. The molecular formula is C29H41N3O4. The number of hydrogen-bond acceptors (Lipinski definition) is 6. The third kappa shape index (κ3) is 12.5. The molecule has 0 bridgehead atoms. The van der Waals surface area contributed by atoms with Crippen LogP contribution in [0.2, 0.25) is 0 Å². The molecule has 0 spiro atoms. The molecular weight excluding hydrogens is 454 g/mol. The first kappa shape index (κ1) is 29.0. The van der Waals surface area contributed by atoms with E-state index in [2.05, 4.69) is 72.7 Å². The van der Waals surface area contributed by atoms with Gasteiger partial charge in [-0.3, -0.25) is 9.36 Å². The number of unbranched alkanes of at least 4 members (excludes halogenated alkanes) is 1. The van der Waals surface area contributed by atoms with Crippen LogP contribution in [0.3, 0.4) is 0 Å². The highest BCUT2D eigenvalue weighted by molar-refractivity contribution is 5.69. The molecule has 2 atom stereocenters. The third-order valence-corrected chi connectivity index (χ3v) is 5.59. The molecule has 36 heavy (non-hydrogen) atoms. The molecule has 1 aromatic rings. The van der Waals surface area contributed by atoms with E-state index in [0.29, 0.717) is 12.8 Å². The van der Waals surface area contributed by atoms with Gasteiger partial charge in [0.15, 0.2) is 0 Å². The van der Waals surface area contributed by atoms with Crippen LogP contribution in [0.5, 0.6) is 0 Å². The fourth-order valence-electron chi connectivity index (χ4n) is 3.65. The van der Waals surface area contributed by atoms with E-state index in [9.17, 15) is 9.59 Å². The lowest BCUT2D eigenvalue weighted by Gasteiger charge is -2.15. The zero-order valence-electron chi connectivity index (χ0n) is 21.5. The van der Waals surface area contributed by atoms with E-state index in [1.807, 2.05) is 0 Å². The normalized spacial score (nSPS) is 18.6. The van der Waals surface area contributed by atoms with Gasteiger partial charge in [-0.15, -0.1) is 0 Å². The minimum atomic E-state index is -0.437. The van der Waals surface area contributed by atoms with Gasteiger partial charge in [0.05, 0.1) is 6.10 Å². The van der Waals surface area contributed by atoms with Crippen LogP contribution in [0.25, 0.3) is 0 Å². The lowest BCUT2D eigenvalue weighted by molar-refractivity contribution is -0.148. The molecule has 0 amide bonds. The Morgan fingerprint density at radius 3 is 2.25 bits per heavy atom. The Hall–Kier alpha value is -3.19. The van der Waals surface area contributed by atoms with Gasteiger partial charge in [-0.1, -0.05) is 67.7 Å². The van der Waals surface area contributed by atoms with Crippen molar-refractivity contribution in [3.05, 3.63) is 83.5 Å². The van der Waals surface area contributed by atoms with Gasteiger partial charge in [-0.25, -0.2) is 4.79 Å². The zero-order valence-corrected chi connectivity index (χ0v) is 21.5. The summed E-state index contributed by atoms with van der Waals surface area (Å²) in [4.78, 5) is 27.6. The number of allylic oxidation sites excluding steroid dienone is 10. The predicted molar refractivity (Wildman–Crippen MR) is 145 cm³/mol. The van der Waals surface area contributed by atoms with Crippen molar-refractivity contribution < 1.29 is 14.3 Å². The Morgan fingerprint density at radius 1 is 1.03 bits per heavy atom. The Bertz CT molecular complexity index is 975. The molecule has 2 heterocycles. The van der Waals surface area contributed by atoms with Crippen LogP contribution < -0.4 is 11.4 Å². The molecule has 0 radical (unpaired) electrons. The monoisotopic (exact) mass is 495 g/mol. The van der Waals surface area contributed by atoms with Gasteiger partial charge in [0.2, 0.25) is 0 Å². The highest BCUT2D eigenvalue weighted by atomic mass is 16.6. The number of carbonyl (C=O) groups is 1. The van der Waals surface area contributed by atoms with E-state index >= 15 is 0 Å². The van der Waals surface area contributed by atoms with Crippen molar-refractivity contribution in [2.45, 2.75) is 83.5 Å². The first-order valence-electron chi connectivity index (χ1n) is 13.0. The summed E-state index contributed by atoms with van der Waals surface area (Å²) >= 11 is 0. The highest BCUT2D eigenvalue weighted by Gasteiger charge is 2.28. The summed E-state index contributed by atoms with van der Waals surface area (Å²) in [6.45, 7) is 2.35. The van der Waals surface area contributed by atoms with E-state index in [4.69, 9.17) is 15.2 Å². The number of ether oxygens (including phenoxy) is 2. The van der Waals surface area contributed by atoms with Crippen LogP contribution in [0, 0.1) is 0 Å². The lowest BCUT2D eigenvalue weighted by atomic mass is 10.2. The first-order chi connectivity index (χ1) is 17.6. The topological polar surface area (TPSA) is 96.4 Å². The lowest BCUT2D eigenvalue weighted by Crippen LogP contribution is -2.28. The molecule has 1 fully saturated rings. The quantitative estimate of drug-likeness (QED) is 0.172. The summed E-state index contributed by atoms with van der Waals surface area (Å²) in [5, 5.41) is 0. The van der Waals surface area contributed by atoms with E-state index in [1.54, 1.807) is 12.3 Å². The number of carbonyl (C=O) groups excluding carboxylic acids is 1. The van der Waals surface area contributed by atoms with Gasteiger partial charge in [0.25, 0.3) is 0 Å². The van der Waals surface area contributed by atoms with Crippen molar-refractivity contribution in [1.29, 1.82) is 0 Å². The van der Waals surface area contributed by atoms with Crippen molar-refractivity contribution in [2.24, 2.45) is 0 Å². The second-order valence-electron chi connectivity index (χ2n) is 8.62. The standard InChI is InChI=1S/C29H41N3O4/c1-2-3-4-5-6-7-8-9-10-11-12-13-14-15-16-17-18-19-28(33)35-24-25-20-21-27(36-25)32-23-22-26(30)31-29(32)34/h3-4,6-7,9-10,12-13,15-16,22-23,25,27H,2,5,8,11,14,17-21,24H2,1H3,(H2,30,31,34)/t25-,27?/m0/s1. The van der Waals surface area contributed by atoms with E-state index in [0.717, 1.165) is 51.4 Å². The Kier molecular flexibility index (Phi) is 14.6. The van der Waals surface area contributed by atoms with Crippen LogP contribution in [0.15, 0.2) is 77.8 Å². The number of rotatable bonds is 16. The first-order valence-corrected chi connectivity index (χ1v) is 13.0. The van der Waals surface area contributed by atoms with Gasteiger partial charge in [0.1, 0.15) is 18.7 Å². The molecule has 2 N–H and O–H groups in total. The maximum absolute atomic E-state index is 12.0. The molecule has 1 aliphatic rings. The fraction of sp³-hybridized carbons (Fsp3) is 0.483. The van der Waals surface area contributed by atoms with Crippen LogP contribution in [-0.2, 0) is 14.3 Å². The summed E-state index contributed by atoms with van der Waals surface area (Å²) < 4.78 is 12.6. The SMILES string of the molecule is CCC=CCC=CCC=CCC=CCC=CCCCC(=O)OC[C@@H]1CCC(n2ccc(N)nc2=O)O1. The summed E-state index contributed by atoms with van der Waals surface area (Å²) in [5.74, 6) is -0.0370. The highest BCUT2D eigenvalue weighted by Crippen LogP contribution is 2.27. The van der Waals surface area contributed by atoms with E-state index in [1.165, 1.54) is 4.57 Å². The minimum Gasteiger partial charge on any atom is -0.463 e. The number of esters is 1. The molecule has 0 aliphatic carbocycles. The molecule has 7 nitrogen and oxygen atoms in total. The molecule has 1 aromatic heterocycles. The van der Waals surface area contributed by atoms with Crippen molar-refractivity contribution >= 4 is 11.8 Å². The number of nitrogens with two attached hydrogens (primary N) is 1. The average molecular weight is 496 g/mol. The van der Waals surface area contributed by atoms with E-state index in [-0.39, 0.29) is 24.5 Å². The van der Waals surface area contributed by atoms with Crippen molar-refractivity contribution in [1.82, 2.24) is 9.55 Å². The molecule has 7 heteroatoms. The van der Waals surface area contributed by atoms with Crippen LogP contribution in [-0.4, -0.2) is 28.2 Å². The van der Waals surface area contributed by atoms with Gasteiger partial charge in [-0.2, -0.15) is 4.98 Å². The second kappa shape index (κ2) is 18.1. The summed E-state index contributed by atoms with van der Waals surface area (Å²) in [5.41, 5.74) is 5.08. The Balaban J connectivity index is 1.47. The Labute approximate surface area is 215 Å². The predicted octanol–water partition coefficient (Wildman–Crippen LogP) is 5.97.